The summed E-state index contributed by atoms with van der Waals surface area (Å²) in [5.74, 6) is 0.323. The smallest absolute Gasteiger partial charge is 0.257 e. The Balaban J connectivity index is 2.28. The lowest BCUT2D eigenvalue weighted by Crippen LogP contribution is -2.15. The van der Waals surface area contributed by atoms with Crippen LogP contribution in [0.5, 0.6) is 0 Å². The second kappa shape index (κ2) is 5.40. The van der Waals surface area contributed by atoms with Gasteiger partial charge in [-0.05, 0) is 53.0 Å². The summed E-state index contributed by atoms with van der Waals surface area (Å²) in [6, 6.07) is 7.32. The molecule has 0 radical (unpaired) electrons. The molecule has 0 bridgehead atoms. The molecule has 1 aromatic carbocycles. The summed E-state index contributed by atoms with van der Waals surface area (Å²) in [5, 5.41) is 2.79. The Morgan fingerprint density at radius 2 is 2.05 bits per heavy atom. The highest BCUT2D eigenvalue weighted by atomic mass is 79.9. The van der Waals surface area contributed by atoms with Gasteiger partial charge in [-0.1, -0.05) is 12.1 Å². The third-order valence-electron chi connectivity index (χ3n) is 2.77. The number of carbonyl (C=O) groups is 1. The first-order valence-electron chi connectivity index (χ1n) is 5.77. The van der Waals surface area contributed by atoms with E-state index in [0.717, 1.165) is 15.6 Å². The molecular weight excluding hydrogens is 306 g/mol. The minimum Gasteiger partial charge on any atom is -0.397 e. The van der Waals surface area contributed by atoms with E-state index in [9.17, 15) is 4.79 Å². The molecule has 98 valence electrons. The Kier molecular flexibility index (Phi) is 3.85. The number of pyridine rings is 1. The molecular formula is C14H14BrN3O. The van der Waals surface area contributed by atoms with Crippen molar-refractivity contribution >= 4 is 33.3 Å². The van der Waals surface area contributed by atoms with E-state index in [1.54, 1.807) is 12.1 Å². The molecule has 5 heteroatoms. The fourth-order valence-corrected chi connectivity index (χ4v) is 2.17. The van der Waals surface area contributed by atoms with Crippen molar-refractivity contribution in [3.63, 3.8) is 0 Å². The number of nitrogens with one attached hydrogen (secondary N) is 1. The number of aromatic nitrogens is 1. The maximum Gasteiger partial charge on any atom is 0.257 e. The topological polar surface area (TPSA) is 68.0 Å². The lowest BCUT2D eigenvalue weighted by Gasteiger charge is -2.10. The highest BCUT2D eigenvalue weighted by Crippen LogP contribution is 2.22. The number of aryl methyl sites for hydroxylation is 2. The standard InChI is InChI=1S/C14H14BrN3O/c1-8-4-3-5-11(12(8)15)14(19)18-13-9(2)6-10(16)7-17-13/h3-7H,16H2,1-2H3,(H,17,18,19). The van der Waals surface area contributed by atoms with Gasteiger partial charge in [-0.25, -0.2) is 4.98 Å². The Morgan fingerprint density at radius 3 is 2.74 bits per heavy atom. The van der Waals surface area contributed by atoms with Crippen LogP contribution in [-0.2, 0) is 0 Å². The molecule has 0 aliphatic rings. The normalized spacial score (nSPS) is 10.3. The van der Waals surface area contributed by atoms with Crippen molar-refractivity contribution in [2.24, 2.45) is 0 Å². The summed E-state index contributed by atoms with van der Waals surface area (Å²) >= 11 is 3.42. The van der Waals surface area contributed by atoms with Gasteiger partial charge in [0, 0.05) is 4.47 Å². The first-order valence-corrected chi connectivity index (χ1v) is 6.57. The minimum absolute atomic E-state index is 0.198. The zero-order valence-corrected chi connectivity index (χ0v) is 12.3. The van der Waals surface area contributed by atoms with Crippen LogP contribution in [0.25, 0.3) is 0 Å². The van der Waals surface area contributed by atoms with Gasteiger partial charge in [-0.15, -0.1) is 0 Å². The quantitative estimate of drug-likeness (QED) is 0.892. The number of nitrogens with two attached hydrogens (primary N) is 1. The van der Waals surface area contributed by atoms with Gasteiger partial charge in [0.1, 0.15) is 5.82 Å². The SMILES string of the molecule is Cc1cc(N)cnc1NC(=O)c1cccc(C)c1Br. The van der Waals surface area contributed by atoms with Crippen LogP contribution in [0.15, 0.2) is 34.9 Å². The molecule has 0 aliphatic heterocycles. The second-order valence-corrected chi connectivity index (χ2v) is 5.12. The number of anilines is 2. The van der Waals surface area contributed by atoms with Gasteiger partial charge >= 0.3 is 0 Å². The van der Waals surface area contributed by atoms with Gasteiger partial charge in [0.05, 0.1) is 17.4 Å². The molecule has 4 nitrogen and oxygen atoms in total. The van der Waals surface area contributed by atoms with E-state index in [2.05, 4.69) is 26.2 Å². The van der Waals surface area contributed by atoms with E-state index in [4.69, 9.17) is 5.73 Å². The van der Waals surface area contributed by atoms with E-state index in [0.29, 0.717) is 17.1 Å². The summed E-state index contributed by atoms with van der Waals surface area (Å²) in [5.41, 5.74) is 8.63. The van der Waals surface area contributed by atoms with Crippen molar-refractivity contribution in [3.05, 3.63) is 51.6 Å². The number of benzene rings is 1. The predicted molar refractivity (Wildman–Crippen MR) is 80.2 cm³/mol. The molecule has 3 N–H and O–H groups in total. The Hall–Kier alpha value is -1.88. The number of halogens is 1. The first kappa shape index (κ1) is 13.5. The highest BCUT2D eigenvalue weighted by Gasteiger charge is 2.13. The number of hydrogen-bond donors (Lipinski definition) is 2. The monoisotopic (exact) mass is 319 g/mol. The Labute approximate surface area is 120 Å². The molecule has 0 saturated carbocycles. The van der Waals surface area contributed by atoms with Crippen molar-refractivity contribution in [1.29, 1.82) is 0 Å². The molecule has 0 fully saturated rings. The Morgan fingerprint density at radius 1 is 1.32 bits per heavy atom. The minimum atomic E-state index is -0.198. The van der Waals surface area contributed by atoms with Gasteiger partial charge in [0.15, 0.2) is 0 Å². The fourth-order valence-electron chi connectivity index (χ4n) is 1.73. The molecule has 0 unspecified atom stereocenters. The molecule has 2 aromatic rings. The maximum atomic E-state index is 12.2. The fraction of sp³-hybridized carbons (Fsp3) is 0.143. The lowest BCUT2D eigenvalue weighted by molar-refractivity contribution is 0.102. The number of hydrogen-bond acceptors (Lipinski definition) is 3. The van der Waals surface area contributed by atoms with Crippen LogP contribution >= 0.6 is 15.9 Å². The molecule has 0 spiro atoms. The third kappa shape index (κ3) is 2.93. The van der Waals surface area contributed by atoms with Crippen molar-refractivity contribution < 1.29 is 4.79 Å². The van der Waals surface area contributed by atoms with Gasteiger partial charge in [0.25, 0.3) is 5.91 Å². The summed E-state index contributed by atoms with van der Waals surface area (Å²) in [6.07, 6.45) is 1.52. The van der Waals surface area contributed by atoms with E-state index in [1.165, 1.54) is 6.20 Å². The average Bonchev–Trinajstić information content (AvgIpc) is 2.36. The molecule has 0 aliphatic carbocycles. The van der Waals surface area contributed by atoms with Crippen LogP contribution in [0.2, 0.25) is 0 Å². The van der Waals surface area contributed by atoms with Gasteiger partial charge in [-0.3, -0.25) is 4.79 Å². The Bertz CT molecular complexity index is 641. The van der Waals surface area contributed by atoms with E-state index < -0.39 is 0 Å². The van der Waals surface area contributed by atoms with Gasteiger partial charge < -0.3 is 11.1 Å². The third-order valence-corrected chi connectivity index (χ3v) is 3.82. The zero-order valence-electron chi connectivity index (χ0n) is 10.7. The second-order valence-electron chi connectivity index (χ2n) is 4.32. The zero-order chi connectivity index (χ0) is 14.0. The number of rotatable bonds is 2. The molecule has 1 aromatic heterocycles. The summed E-state index contributed by atoms with van der Waals surface area (Å²) < 4.78 is 0.792. The van der Waals surface area contributed by atoms with Crippen molar-refractivity contribution in [1.82, 2.24) is 4.98 Å². The van der Waals surface area contributed by atoms with E-state index >= 15 is 0 Å². The van der Waals surface area contributed by atoms with Crippen LogP contribution in [0, 0.1) is 13.8 Å². The van der Waals surface area contributed by atoms with Gasteiger partial charge in [0.2, 0.25) is 0 Å². The molecule has 0 saturated heterocycles. The van der Waals surface area contributed by atoms with Crippen LogP contribution < -0.4 is 11.1 Å². The molecule has 2 rings (SSSR count). The number of carbonyl (C=O) groups excluding carboxylic acids is 1. The number of nitrogens with zero attached hydrogens (tertiary/aromatic N) is 1. The van der Waals surface area contributed by atoms with Crippen molar-refractivity contribution in [2.75, 3.05) is 11.1 Å². The largest absolute Gasteiger partial charge is 0.397 e. The van der Waals surface area contributed by atoms with E-state index in [-0.39, 0.29) is 5.91 Å². The molecule has 1 amide bonds. The van der Waals surface area contributed by atoms with E-state index in [1.807, 2.05) is 26.0 Å². The van der Waals surface area contributed by atoms with Crippen LogP contribution in [0.4, 0.5) is 11.5 Å². The van der Waals surface area contributed by atoms with Crippen molar-refractivity contribution in [3.8, 4) is 0 Å². The van der Waals surface area contributed by atoms with Crippen molar-refractivity contribution in [2.45, 2.75) is 13.8 Å². The number of amides is 1. The number of nitrogen functional groups attached to an aromatic ring is 1. The molecule has 19 heavy (non-hydrogen) atoms. The first-order chi connectivity index (χ1) is 8.99. The summed E-state index contributed by atoms with van der Waals surface area (Å²) in [4.78, 5) is 16.3. The maximum absolute atomic E-state index is 12.2. The predicted octanol–water partition coefficient (Wildman–Crippen LogP) is 3.30. The lowest BCUT2D eigenvalue weighted by atomic mass is 10.1. The van der Waals surface area contributed by atoms with Crippen LogP contribution in [-0.4, -0.2) is 10.9 Å². The summed E-state index contributed by atoms with van der Waals surface area (Å²) in [7, 11) is 0. The highest BCUT2D eigenvalue weighted by molar-refractivity contribution is 9.10. The molecule has 1 heterocycles. The average molecular weight is 320 g/mol. The summed E-state index contributed by atoms with van der Waals surface area (Å²) in [6.45, 7) is 3.79. The molecule has 0 atom stereocenters. The van der Waals surface area contributed by atoms with Crippen LogP contribution in [0.3, 0.4) is 0 Å². The van der Waals surface area contributed by atoms with Crippen LogP contribution in [0.1, 0.15) is 21.5 Å². The van der Waals surface area contributed by atoms with Gasteiger partial charge in [-0.2, -0.15) is 0 Å².